The van der Waals surface area contributed by atoms with E-state index in [1.807, 2.05) is 30.3 Å². The number of carboxylic acids is 2. The summed E-state index contributed by atoms with van der Waals surface area (Å²) >= 11 is 0. The minimum atomic E-state index is -5.08. The van der Waals surface area contributed by atoms with Crippen molar-refractivity contribution in [3.05, 3.63) is 35.9 Å². The number of nitrogens with zero attached hydrogens (tertiary/aromatic N) is 3. The molecule has 40 heavy (non-hydrogen) atoms. The van der Waals surface area contributed by atoms with Gasteiger partial charge in [0.05, 0.1) is 19.6 Å². The molecule has 0 bridgehead atoms. The van der Waals surface area contributed by atoms with Crippen LogP contribution in [0.2, 0.25) is 0 Å². The van der Waals surface area contributed by atoms with Gasteiger partial charge in [0, 0.05) is 44.7 Å². The standard InChI is InChI=1S/C21H33N3O2.2C2HF3O2/c1-22(2)11-12-23-13-14-26-18-21(16-23)9-6-10-24(17-21)20(25)15-19-7-4-3-5-8-19;2*3-2(4,5)1(6)7/h3-5,7-8H,6,9-18H2,1-2H3;2*(H,6,7). The quantitative estimate of drug-likeness (QED) is 0.507. The average molecular weight is 588 g/mol. The van der Waals surface area contributed by atoms with Gasteiger partial charge in [-0.15, -0.1) is 0 Å². The van der Waals surface area contributed by atoms with Crippen molar-refractivity contribution < 1.29 is 55.7 Å². The number of likely N-dealkylation sites (N-methyl/N-ethyl adjacent to an activating group) is 1. The van der Waals surface area contributed by atoms with Crippen molar-refractivity contribution in [2.45, 2.75) is 31.6 Å². The monoisotopic (exact) mass is 587 g/mol. The Morgan fingerprint density at radius 3 is 2.00 bits per heavy atom. The zero-order valence-electron chi connectivity index (χ0n) is 22.3. The van der Waals surface area contributed by atoms with E-state index >= 15 is 0 Å². The van der Waals surface area contributed by atoms with Gasteiger partial charge in [-0.1, -0.05) is 30.3 Å². The number of amides is 1. The van der Waals surface area contributed by atoms with Crippen LogP contribution in [-0.4, -0.2) is 122 Å². The molecule has 15 heteroatoms. The number of rotatable bonds is 5. The fourth-order valence-corrected chi connectivity index (χ4v) is 4.16. The van der Waals surface area contributed by atoms with E-state index in [1.54, 1.807) is 0 Å². The van der Waals surface area contributed by atoms with E-state index in [1.165, 1.54) is 0 Å². The maximum Gasteiger partial charge on any atom is 0.490 e. The SMILES string of the molecule is CN(C)CCN1CCOCC2(CCCN(C(=O)Cc3ccccc3)C2)C1.O=C(O)C(F)(F)F.O=C(O)C(F)(F)F. The molecule has 1 atom stereocenters. The number of halogens is 6. The number of alkyl halides is 6. The highest BCUT2D eigenvalue weighted by Crippen LogP contribution is 2.33. The minimum Gasteiger partial charge on any atom is -0.475 e. The second kappa shape index (κ2) is 15.8. The number of carbonyl (C=O) groups is 3. The van der Waals surface area contributed by atoms with E-state index in [9.17, 15) is 31.1 Å². The van der Waals surface area contributed by atoms with E-state index in [-0.39, 0.29) is 11.3 Å². The summed E-state index contributed by atoms with van der Waals surface area (Å²) in [5, 5.41) is 14.2. The normalized spacial score (nSPS) is 20.1. The Balaban J connectivity index is 0.000000473. The van der Waals surface area contributed by atoms with Crippen molar-refractivity contribution in [2.24, 2.45) is 5.41 Å². The summed E-state index contributed by atoms with van der Waals surface area (Å²) in [5.74, 6) is -5.26. The number of piperidine rings is 1. The zero-order valence-corrected chi connectivity index (χ0v) is 22.3. The Labute approximate surface area is 228 Å². The molecule has 2 fully saturated rings. The second-order valence-electron chi connectivity index (χ2n) is 9.82. The number of hydrogen-bond acceptors (Lipinski definition) is 6. The summed E-state index contributed by atoms with van der Waals surface area (Å²) in [7, 11) is 4.24. The van der Waals surface area contributed by atoms with Crippen molar-refractivity contribution in [3.63, 3.8) is 0 Å². The lowest BCUT2D eigenvalue weighted by atomic mass is 9.80. The summed E-state index contributed by atoms with van der Waals surface area (Å²) in [6, 6.07) is 10.1. The first-order valence-corrected chi connectivity index (χ1v) is 12.3. The maximum absolute atomic E-state index is 12.8. The molecule has 228 valence electrons. The van der Waals surface area contributed by atoms with Crippen LogP contribution in [0.4, 0.5) is 26.3 Å². The molecule has 2 saturated heterocycles. The number of carbonyl (C=O) groups excluding carboxylic acids is 1. The molecule has 2 N–H and O–H groups in total. The predicted octanol–water partition coefficient (Wildman–Crippen LogP) is 3.00. The molecule has 9 nitrogen and oxygen atoms in total. The molecule has 0 radical (unpaired) electrons. The van der Waals surface area contributed by atoms with Gasteiger partial charge in [-0.05, 0) is 32.5 Å². The molecule has 2 aliphatic rings. The van der Waals surface area contributed by atoms with Crippen LogP contribution in [0.5, 0.6) is 0 Å². The van der Waals surface area contributed by atoms with Crippen molar-refractivity contribution in [2.75, 3.05) is 66.6 Å². The first-order valence-electron chi connectivity index (χ1n) is 12.3. The fourth-order valence-electron chi connectivity index (χ4n) is 4.16. The molecule has 2 aliphatic heterocycles. The third kappa shape index (κ3) is 13.4. The molecule has 1 spiro atoms. The number of likely N-dealkylation sites (tertiary alicyclic amines) is 1. The molecule has 0 aromatic heterocycles. The molecular formula is C25H35F6N3O6. The summed E-state index contributed by atoms with van der Waals surface area (Å²) < 4.78 is 69.5. The van der Waals surface area contributed by atoms with Gasteiger partial charge in [0.1, 0.15) is 0 Å². The molecule has 3 rings (SSSR count). The van der Waals surface area contributed by atoms with Crippen LogP contribution in [-0.2, 0) is 25.5 Å². The highest BCUT2D eigenvalue weighted by Gasteiger charge is 2.40. The number of hydrogen-bond donors (Lipinski definition) is 2. The lowest BCUT2D eigenvalue weighted by Gasteiger charge is -2.43. The maximum atomic E-state index is 12.8. The van der Waals surface area contributed by atoms with Gasteiger partial charge in [0.2, 0.25) is 5.91 Å². The molecule has 2 heterocycles. The van der Waals surface area contributed by atoms with Gasteiger partial charge >= 0.3 is 24.3 Å². The molecule has 0 saturated carbocycles. The van der Waals surface area contributed by atoms with Gasteiger partial charge in [-0.2, -0.15) is 26.3 Å². The van der Waals surface area contributed by atoms with Crippen LogP contribution >= 0.6 is 0 Å². The number of ether oxygens (including phenoxy) is 1. The van der Waals surface area contributed by atoms with E-state index in [4.69, 9.17) is 24.5 Å². The molecule has 1 unspecified atom stereocenters. The van der Waals surface area contributed by atoms with Crippen molar-refractivity contribution in [1.29, 1.82) is 0 Å². The summed E-state index contributed by atoms with van der Waals surface area (Å²) in [5.41, 5.74) is 1.19. The van der Waals surface area contributed by atoms with Crippen molar-refractivity contribution in [1.82, 2.24) is 14.7 Å². The Morgan fingerprint density at radius 1 is 0.950 bits per heavy atom. The highest BCUT2D eigenvalue weighted by molar-refractivity contribution is 5.79. The van der Waals surface area contributed by atoms with Gasteiger partial charge in [-0.3, -0.25) is 9.69 Å². The molecule has 1 amide bonds. The smallest absolute Gasteiger partial charge is 0.475 e. The van der Waals surface area contributed by atoms with Gasteiger partial charge in [0.15, 0.2) is 0 Å². The second-order valence-corrected chi connectivity index (χ2v) is 9.82. The van der Waals surface area contributed by atoms with E-state index in [0.29, 0.717) is 6.42 Å². The summed E-state index contributed by atoms with van der Waals surface area (Å²) in [4.78, 5) is 37.5. The fraction of sp³-hybridized carbons (Fsp3) is 0.640. The number of aliphatic carboxylic acids is 2. The van der Waals surface area contributed by atoms with E-state index < -0.39 is 24.3 Å². The van der Waals surface area contributed by atoms with Crippen molar-refractivity contribution in [3.8, 4) is 0 Å². The average Bonchev–Trinajstić information content (AvgIpc) is 3.05. The van der Waals surface area contributed by atoms with Crippen LogP contribution in [0.1, 0.15) is 18.4 Å². The van der Waals surface area contributed by atoms with Crippen LogP contribution in [0.15, 0.2) is 30.3 Å². The van der Waals surface area contributed by atoms with Gasteiger partial charge in [0.25, 0.3) is 0 Å². The largest absolute Gasteiger partial charge is 0.490 e. The molecule has 1 aromatic rings. The van der Waals surface area contributed by atoms with Gasteiger partial charge < -0.3 is 24.7 Å². The summed E-state index contributed by atoms with van der Waals surface area (Å²) in [6.45, 7) is 7.45. The first-order chi connectivity index (χ1) is 18.4. The Kier molecular flexibility index (Phi) is 13.8. The predicted molar refractivity (Wildman–Crippen MR) is 132 cm³/mol. The minimum absolute atomic E-state index is 0.0907. The van der Waals surface area contributed by atoms with Crippen LogP contribution < -0.4 is 0 Å². The number of carboxylic acid groups (broad SMARTS) is 2. The van der Waals surface area contributed by atoms with Crippen molar-refractivity contribution >= 4 is 17.8 Å². The topological polar surface area (TPSA) is 111 Å². The highest BCUT2D eigenvalue weighted by atomic mass is 19.4. The molecule has 1 aromatic carbocycles. The number of benzene rings is 1. The van der Waals surface area contributed by atoms with E-state index in [0.717, 1.165) is 70.9 Å². The first kappa shape index (κ1) is 35.1. The Morgan fingerprint density at radius 2 is 1.50 bits per heavy atom. The van der Waals surface area contributed by atoms with Crippen LogP contribution in [0.25, 0.3) is 0 Å². The third-order valence-electron chi connectivity index (χ3n) is 6.08. The summed E-state index contributed by atoms with van der Waals surface area (Å²) in [6.07, 6.45) is -7.44. The lowest BCUT2D eigenvalue weighted by Crippen LogP contribution is -2.52. The third-order valence-corrected chi connectivity index (χ3v) is 6.08. The Bertz CT molecular complexity index is 921. The Hall–Kier alpha value is -2.91. The van der Waals surface area contributed by atoms with Crippen LogP contribution in [0.3, 0.4) is 0 Å². The van der Waals surface area contributed by atoms with Crippen LogP contribution in [0, 0.1) is 5.41 Å². The zero-order chi connectivity index (χ0) is 30.6. The lowest BCUT2D eigenvalue weighted by molar-refractivity contribution is -0.193. The molecular weight excluding hydrogens is 552 g/mol. The van der Waals surface area contributed by atoms with E-state index in [2.05, 4.69) is 28.8 Å². The van der Waals surface area contributed by atoms with Gasteiger partial charge in [-0.25, -0.2) is 9.59 Å². The molecule has 0 aliphatic carbocycles.